The average Bonchev–Trinajstić information content (AvgIpc) is 2.71. The Hall–Kier alpha value is -0.980. The summed E-state index contributed by atoms with van der Waals surface area (Å²) in [6.45, 7) is 1.06. The van der Waals surface area contributed by atoms with Crippen molar-refractivity contribution in [3.8, 4) is 6.07 Å². The van der Waals surface area contributed by atoms with Crippen LogP contribution in [0.15, 0.2) is 24.3 Å². The quantitative estimate of drug-likeness (QED) is 0.734. The largest absolute Gasteiger partial charge is 0.301 e. The molecule has 0 aromatic heterocycles. The van der Waals surface area contributed by atoms with E-state index >= 15 is 0 Å². The van der Waals surface area contributed by atoms with Gasteiger partial charge in [-0.2, -0.15) is 5.26 Å². The molecule has 1 aromatic rings. The van der Waals surface area contributed by atoms with Crippen LogP contribution in [-0.2, 0) is 0 Å². The molecule has 1 atom stereocenters. The molecule has 1 N–H and O–H groups in total. The first-order valence-corrected chi connectivity index (χ1v) is 5.30. The van der Waals surface area contributed by atoms with Crippen molar-refractivity contribution in [3.05, 3.63) is 35.4 Å². The summed E-state index contributed by atoms with van der Waals surface area (Å²) < 4.78 is 0. The van der Waals surface area contributed by atoms with E-state index in [0.29, 0.717) is 5.37 Å². The van der Waals surface area contributed by atoms with Gasteiger partial charge < -0.3 is 5.32 Å². The van der Waals surface area contributed by atoms with Crippen molar-refractivity contribution >= 4 is 11.8 Å². The Morgan fingerprint density at radius 3 is 3.15 bits per heavy atom. The Balaban J connectivity index is 2.25. The molecule has 1 fully saturated rings. The summed E-state index contributed by atoms with van der Waals surface area (Å²) in [4.78, 5) is 0. The molecule has 1 aliphatic heterocycles. The highest BCUT2D eigenvalue weighted by Crippen LogP contribution is 2.29. The van der Waals surface area contributed by atoms with Crippen LogP contribution in [0.3, 0.4) is 0 Å². The summed E-state index contributed by atoms with van der Waals surface area (Å²) in [7, 11) is 0. The fourth-order valence-corrected chi connectivity index (χ4v) is 2.46. The molecule has 0 aliphatic carbocycles. The summed E-state index contributed by atoms with van der Waals surface area (Å²) in [5, 5.41) is 12.5. The maximum absolute atomic E-state index is 8.73. The second-order valence-corrected chi connectivity index (χ2v) is 4.16. The summed E-state index contributed by atoms with van der Waals surface area (Å²) in [5.74, 6) is 1.15. The number of hydrogen-bond donors (Lipinski definition) is 1. The first-order valence-electron chi connectivity index (χ1n) is 4.25. The molecule has 13 heavy (non-hydrogen) atoms. The Bertz CT molecular complexity index is 337. The monoisotopic (exact) mass is 190 g/mol. The van der Waals surface area contributed by atoms with Gasteiger partial charge in [-0.15, -0.1) is 11.8 Å². The highest BCUT2D eigenvalue weighted by molar-refractivity contribution is 7.99. The maximum Gasteiger partial charge on any atom is 0.0991 e. The number of hydrogen-bond acceptors (Lipinski definition) is 3. The second kappa shape index (κ2) is 3.82. The Morgan fingerprint density at radius 2 is 2.46 bits per heavy atom. The highest BCUT2D eigenvalue weighted by atomic mass is 32.2. The molecule has 0 bridgehead atoms. The van der Waals surface area contributed by atoms with Crippen LogP contribution >= 0.6 is 11.8 Å². The van der Waals surface area contributed by atoms with Gasteiger partial charge in [-0.25, -0.2) is 0 Å². The third-order valence-electron chi connectivity index (χ3n) is 2.03. The van der Waals surface area contributed by atoms with Crippen molar-refractivity contribution in [3.63, 3.8) is 0 Å². The van der Waals surface area contributed by atoms with Gasteiger partial charge in [0.1, 0.15) is 0 Å². The molecule has 0 radical (unpaired) electrons. The topological polar surface area (TPSA) is 35.8 Å². The normalized spacial score (nSPS) is 21.3. The van der Waals surface area contributed by atoms with Crippen molar-refractivity contribution in [2.45, 2.75) is 5.37 Å². The van der Waals surface area contributed by atoms with E-state index in [-0.39, 0.29) is 0 Å². The molecule has 1 aromatic carbocycles. The fraction of sp³-hybridized carbons (Fsp3) is 0.300. The van der Waals surface area contributed by atoms with E-state index in [1.54, 1.807) is 0 Å². The van der Waals surface area contributed by atoms with Crippen molar-refractivity contribution in [2.75, 3.05) is 12.3 Å². The standard InChI is InChI=1S/C10H10N2S/c11-7-8-2-1-3-9(6-8)10-12-4-5-13-10/h1-3,6,10,12H,4-5H2/t10-/m1/s1. The van der Waals surface area contributed by atoms with Crippen LogP contribution in [0.25, 0.3) is 0 Å². The lowest BCUT2D eigenvalue weighted by Crippen LogP contribution is -2.11. The lowest BCUT2D eigenvalue weighted by Gasteiger charge is -2.09. The zero-order valence-electron chi connectivity index (χ0n) is 7.16. The van der Waals surface area contributed by atoms with E-state index in [9.17, 15) is 0 Å². The smallest absolute Gasteiger partial charge is 0.0991 e. The van der Waals surface area contributed by atoms with E-state index in [1.165, 1.54) is 5.56 Å². The predicted molar refractivity (Wildman–Crippen MR) is 54.4 cm³/mol. The van der Waals surface area contributed by atoms with Crippen LogP contribution in [0.4, 0.5) is 0 Å². The molecule has 0 unspecified atom stereocenters. The van der Waals surface area contributed by atoms with Crippen molar-refractivity contribution in [1.82, 2.24) is 5.32 Å². The van der Waals surface area contributed by atoms with Gasteiger partial charge in [0.25, 0.3) is 0 Å². The summed E-state index contributed by atoms with van der Waals surface area (Å²) in [6.07, 6.45) is 0. The van der Waals surface area contributed by atoms with Gasteiger partial charge >= 0.3 is 0 Å². The number of nitriles is 1. The van der Waals surface area contributed by atoms with Gasteiger partial charge in [0.2, 0.25) is 0 Å². The molecule has 1 saturated heterocycles. The first kappa shape index (κ1) is 8.61. The first-order chi connectivity index (χ1) is 6.40. The Morgan fingerprint density at radius 1 is 1.54 bits per heavy atom. The Labute approximate surface area is 82.0 Å². The van der Waals surface area contributed by atoms with Gasteiger partial charge in [-0.05, 0) is 17.7 Å². The average molecular weight is 190 g/mol. The second-order valence-electron chi connectivity index (χ2n) is 2.94. The summed E-state index contributed by atoms with van der Waals surface area (Å²) in [6, 6.07) is 9.95. The molecule has 2 nitrogen and oxygen atoms in total. The molecule has 0 saturated carbocycles. The Kier molecular flexibility index (Phi) is 2.53. The minimum absolute atomic E-state index is 0.383. The lowest BCUT2D eigenvalue weighted by molar-refractivity contribution is 0.751. The number of rotatable bonds is 1. The highest BCUT2D eigenvalue weighted by Gasteiger charge is 2.16. The van der Waals surface area contributed by atoms with Crippen molar-refractivity contribution in [2.24, 2.45) is 0 Å². The van der Waals surface area contributed by atoms with E-state index in [0.717, 1.165) is 17.9 Å². The predicted octanol–water partition coefficient (Wildman–Crippen LogP) is 1.89. The summed E-state index contributed by atoms with van der Waals surface area (Å²) in [5.41, 5.74) is 1.95. The molecule has 66 valence electrons. The molecule has 1 heterocycles. The van der Waals surface area contributed by atoms with Crippen LogP contribution in [-0.4, -0.2) is 12.3 Å². The molecule has 1 aliphatic rings. The number of benzene rings is 1. The van der Waals surface area contributed by atoms with Gasteiger partial charge in [-0.1, -0.05) is 12.1 Å². The minimum atomic E-state index is 0.383. The number of nitrogens with zero attached hydrogens (tertiary/aromatic N) is 1. The van der Waals surface area contributed by atoms with E-state index < -0.39 is 0 Å². The van der Waals surface area contributed by atoms with Crippen LogP contribution in [0.1, 0.15) is 16.5 Å². The third-order valence-corrected chi connectivity index (χ3v) is 3.25. The lowest BCUT2D eigenvalue weighted by atomic mass is 10.1. The van der Waals surface area contributed by atoms with Crippen LogP contribution in [0.5, 0.6) is 0 Å². The molecule has 3 heteroatoms. The molecular weight excluding hydrogens is 180 g/mol. The summed E-state index contributed by atoms with van der Waals surface area (Å²) >= 11 is 1.89. The zero-order chi connectivity index (χ0) is 9.10. The van der Waals surface area contributed by atoms with E-state index in [1.807, 2.05) is 30.0 Å². The van der Waals surface area contributed by atoms with Crippen molar-refractivity contribution in [1.29, 1.82) is 5.26 Å². The maximum atomic E-state index is 8.73. The van der Waals surface area contributed by atoms with E-state index in [4.69, 9.17) is 5.26 Å². The van der Waals surface area contributed by atoms with Crippen LogP contribution in [0, 0.1) is 11.3 Å². The zero-order valence-corrected chi connectivity index (χ0v) is 7.97. The molecule has 0 spiro atoms. The number of nitrogens with one attached hydrogen (secondary N) is 1. The number of thioether (sulfide) groups is 1. The van der Waals surface area contributed by atoms with Gasteiger partial charge in [-0.3, -0.25) is 0 Å². The van der Waals surface area contributed by atoms with Gasteiger partial charge in [0, 0.05) is 12.3 Å². The fourth-order valence-electron chi connectivity index (χ4n) is 1.41. The SMILES string of the molecule is N#Cc1cccc([C@@H]2NCCS2)c1. The third kappa shape index (κ3) is 1.85. The minimum Gasteiger partial charge on any atom is -0.301 e. The van der Waals surface area contributed by atoms with Crippen LogP contribution in [0.2, 0.25) is 0 Å². The van der Waals surface area contributed by atoms with Crippen molar-refractivity contribution < 1.29 is 0 Å². The molecule has 2 rings (SSSR count). The van der Waals surface area contributed by atoms with Gasteiger partial charge in [0.05, 0.1) is 17.0 Å². The van der Waals surface area contributed by atoms with E-state index in [2.05, 4.69) is 17.5 Å². The van der Waals surface area contributed by atoms with Crippen LogP contribution < -0.4 is 5.32 Å². The van der Waals surface area contributed by atoms with Gasteiger partial charge in [0.15, 0.2) is 0 Å². The molecule has 0 amide bonds. The molecular formula is C10H10N2S.